The molecule has 1 aromatic carbocycles. The fourth-order valence-electron chi connectivity index (χ4n) is 2.85. The first-order chi connectivity index (χ1) is 8.45. The second kappa shape index (κ2) is 10.5. The summed E-state index contributed by atoms with van der Waals surface area (Å²) in [5.41, 5.74) is 0. The van der Waals surface area contributed by atoms with Crippen LogP contribution in [0.1, 0.15) is 25.7 Å². The summed E-state index contributed by atoms with van der Waals surface area (Å²) in [7, 11) is -0.191. The molecule has 0 aromatic heterocycles. The van der Waals surface area contributed by atoms with Crippen molar-refractivity contribution in [3.63, 3.8) is 0 Å². The van der Waals surface area contributed by atoms with Gasteiger partial charge in [-0.3, -0.25) is 9.34 Å². The van der Waals surface area contributed by atoms with Crippen LogP contribution in [0.4, 0.5) is 0 Å². The molecule has 0 unspecified atom stereocenters. The van der Waals surface area contributed by atoms with Crippen LogP contribution in [-0.2, 0) is 21.1 Å². The molecular weight excluding hydrogens is 493 g/mol. The van der Waals surface area contributed by atoms with Gasteiger partial charge in [0.05, 0.1) is 8.22 Å². The van der Waals surface area contributed by atoms with Crippen LogP contribution in [0.3, 0.4) is 0 Å². The molecule has 0 aliphatic carbocycles. The van der Waals surface area contributed by atoms with Gasteiger partial charge in [0.1, 0.15) is 0 Å². The van der Waals surface area contributed by atoms with Crippen LogP contribution < -0.4 is 17.7 Å². The maximum absolute atomic E-state index is 2.73. The third-order valence-corrected chi connectivity index (χ3v) is 6.32. The van der Waals surface area contributed by atoms with E-state index in [0.29, 0.717) is 0 Å². The normalized spacial score (nSPS) is 19.2. The molecule has 0 atom stereocenters. The summed E-state index contributed by atoms with van der Waals surface area (Å²) in [6.45, 7) is 5.21. The fourth-order valence-corrected chi connectivity index (χ4v) is 5.62. The van der Waals surface area contributed by atoms with Crippen molar-refractivity contribution in [2.24, 2.45) is 0 Å². The SMILES string of the molecule is Cl.[Cl-].[Pt+2].c1ccc(P(N2CCCC2)N2CCCC2)cc1. The summed E-state index contributed by atoms with van der Waals surface area (Å²) in [6.07, 6.45) is 5.55. The molecule has 0 N–H and O–H groups in total. The summed E-state index contributed by atoms with van der Waals surface area (Å²) in [6, 6.07) is 11.2. The second-order valence-corrected chi connectivity index (χ2v) is 7.17. The van der Waals surface area contributed by atoms with E-state index in [1.165, 1.54) is 51.9 Å². The Labute approximate surface area is 150 Å². The molecule has 2 saturated heterocycles. The first-order valence-corrected chi connectivity index (χ1v) is 8.05. The minimum absolute atomic E-state index is 0. The maximum atomic E-state index is 2.73. The average molecular weight is 515 g/mol. The maximum Gasteiger partial charge on any atom is 2.00 e. The number of rotatable bonds is 3. The standard InChI is InChI=1S/C14H21N2P.2ClH.Pt/c1-2-8-14(9-3-1)17(15-10-4-5-11-15)16-12-6-7-13-16;;;/h1-3,8-9H,4-7,10-13H2;2*1H;/q;;;+2/p-1. The van der Waals surface area contributed by atoms with Gasteiger partial charge in [-0.05, 0) is 25.7 Å². The largest absolute Gasteiger partial charge is 2.00 e. The van der Waals surface area contributed by atoms with Crippen LogP contribution in [0.5, 0.6) is 0 Å². The quantitative estimate of drug-likeness (QED) is 0.533. The monoisotopic (exact) mass is 514 g/mol. The van der Waals surface area contributed by atoms with Crippen LogP contribution in [0.2, 0.25) is 0 Å². The summed E-state index contributed by atoms with van der Waals surface area (Å²) in [5.74, 6) is 0. The summed E-state index contributed by atoms with van der Waals surface area (Å²) < 4.78 is 5.46. The van der Waals surface area contributed by atoms with Crippen molar-refractivity contribution in [2.75, 3.05) is 26.2 Å². The molecule has 2 nitrogen and oxygen atoms in total. The van der Waals surface area contributed by atoms with Crippen molar-refractivity contribution in [3.05, 3.63) is 30.3 Å². The Kier molecular flexibility index (Phi) is 11.0. The third-order valence-electron chi connectivity index (χ3n) is 3.69. The zero-order chi connectivity index (χ0) is 11.5. The number of hydrogen-bond donors (Lipinski definition) is 0. The van der Waals surface area contributed by atoms with Gasteiger partial charge in [-0.25, -0.2) is 0 Å². The van der Waals surface area contributed by atoms with E-state index < -0.39 is 0 Å². The Bertz CT molecular complexity index is 341. The van der Waals surface area contributed by atoms with Crippen molar-refractivity contribution in [2.45, 2.75) is 25.7 Å². The van der Waals surface area contributed by atoms with E-state index in [9.17, 15) is 0 Å². The molecule has 20 heavy (non-hydrogen) atoms. The second-order valence-electron chi connectivity index (χ2n) is 4.95. The fraction of sp³-hybridized carbons (Fsp3) is 0.571. The van der Waals surface area contributed by atoms with Crippen molar-refractivity contribution < 1.29 is 33.5 Å². The van der Waals surface area contributed by atoms with Gasteiger partial charge in [-0.1, -0.05) is 30.3 Å². The van der Waals surface area contributed by atoms with Gasteiger partial charge in [-0.15, -0.1) is 12.4 Å². The molecular formula is C14H22Cl2N2PPt+. The van der Waals surface area contributed by atoms with Crippen LogP contribution in [0.15, 0.2) is 30.3 Å². The molecule has 116 valence electrons. The molecule has 3 rings (SSSR count). The van der Waals surface area contributed by atoms with Crippen LogP contribution in [0.25, 0.3) is 0 Å². The number of hydrogen-bond acceptors (Lipinski definition) is 2. The van der Waals surface area contributed by atoms with E-state index in [0.717, 1.165) is 0 Å². The predicted octanol–water partition coefficient (Wildman–Crippen LogP) is 0.239. The van der Waals surface area contributed by atoms with E-state index in [2.05, 4.69) is 39.7 Å². The van der Waals surface area contributed by atoms with E-state index >= 15 is 0 Å². The van der Waals surface area contributed by atoms with Gasteiger partial charge in [0, 0.05) is 31.5 Å². The first-order valence-electron chi connectivity index (χ1n) is 6.80. The van der Waals surface area contributed by atoms with Crippen LogP contribution in [-0.4, -0.2) is 35.5 Å². The number of nitrogens with zero attached hydrogens (tertiary/aromatic N) is 2. The molecule has 0 radical (unpaired) electrons. The molecule has 6 heteroatoms. The summed E-state index contributed by atoms with van der Waals surface area (Å²) in [5, 5.41) is 1.55. The van der Waals surface area contributed by atoms with E-state index in [1.54, 1.807) is 5.30 Å². The smallest absolute Gasteiger partial charge is 1.00 e. The molecule has 2 fully saturated rings. The topological polar surface area (TPSA) is 6.48 Å². The third kappa shape index (κ3) is 4.94. The molecule has 0 spiro atoms. The van der Waals surface area contributed by atoms with E-state index in [-0.39, 0.29) is 54.1 Å². The first kappa shape index (κ1) is 20.8. The molecule has 2 aliphatic rings. The summed E-state index contributed by atoms with van der Waals surface area (Å²) >= 11 is 0. The number of halogens is 2. The summed E-state index contributed by atoms with van der Waals surface area (Å²) in [4.78, 5) is 0. The molecule has 2 heterocycles. The molecule has 0 saturated carbocycles. The average Bonchev–Trinajstić information content (AvgIpc) is 3.04. The Morgan fingerprint density at radius 2 is 1.15 bits per heavy atom. The zero-order valence-corrected chi connectivity index (χ0v) is 16.2. The van der Waals surface area contributed by atoms with Crippen molar-refractivity contribution in [1.29, 1.82) is 0 Å². The van der Waals surface area contributed by atoms with Gasteiger partial charge in [-0.2, -0.15) is 0 Å². The zero-order valence-electron chi connectivity index (χ0n) is 11.5. The number of benzene rings is 1. The Balaban J connectivity index is 0.00000120. The molecule has 0 bridgehead atoms. The Morgan fingerprint density at radius 3 is 1.55 bits per heavy atom. The van der Waals surface area contributed by atoms with Gasteiger partial charge in [0.15, 0.2) is 0 Å². The van der Waals surface area contributed by atoms with E-state index in [4.69, 9.17) is 0 Å². The minimum Gasteiger partial charge on any atom is -1.00 e. The van der Waals surface area contributed by atoms with Gasteiger partial charge in [0.2, 0.25) is 0 Å². The van der Waals surface area contributed by atoms with Gasteiger partial charge < -0.3 is 12.4 Å². The van der Waals surface area contributed by atoms with Crippen LogP contribution >= 0.6 is 20.6 Å². The van der Waals surface area contributed by atoms with Crippen molar-refractivity contribution in [1.82, 2.24) is 9.34 Å². The van der Waals surface area contributed by atoms with Crippen molar-refractivity contribution in [3.8, 4) is 0 Å². The van der Waals surface area contributed by atoms with Crippen molar-refractivity contribution >= 4 is 25.9 Å². The minimum atomic E-state index is -0.191. The molecule has 0 amide bonds. The molecule has 1 aromatic rings. The Hall–Kier alpha value is 0.838. The van der Waals surface area contributed by atoms with Crippen LogP contribution in [0, 0.1) is 0 Å². The molecule has 2 aliphatic heterocycles. The van der Waals surface area contributed by atoms with Gasteiger partial charge >= 0.3 is 21.1 Å². The Morgan fingerprint density at radius 1 is 0.750 bits per heavy atom. The van der Waals surface area contributed by atoms with Gasteiger partial charge in [0.25, 0.3) is 0 Å². The van der Waals surface area contributed by atoms with E-state index in [1.807, 2.05) is 0 Å². The predicted molar refractivity (Wildman–Crippen MR) is 81.9 cm³/mol.